The Labute approximate surface area is 110 Å². The zero-order valence-corrected chi connectivity index (χ0v) is 11.6. The molecule has 0 radical (unpaired) electrons. The second-order valence-electron chi connectivity index (χ2n) is 5.41. The van der Waals surface area contributed by atoms with Gasteiger partial charge in [-0.05, 0) is 51.1 Å². The molecule has 0 aromatic carbocycles. The third kappa shape index (κ3) is 3.00. The number of anilines is 1. The van der Waals surface area contributed by atoms with Gasteiger partial charge in [-0.3, -0.25) is 0 Å². The maximum absolute atomic E-state index is 5.93. The molecule has 1 saturated heterocycles. The molecule has 2 N–H and O–H groups in total. The average molecular weight is 248 g/mol. The number of likely N-dealkylation sites (N-methyl/N-ethyl adjacent to an activating group) is 2. The van der Waals surface area contributed by atoms with E-state index in [-0.39, 0.29) is 6.04 Å². The predicted molar refractivity (Wildman–Crippen MR) is 75.8 cm³/mol. The van der Waals surface area contributed by atoms with Crippen LogP contribution in [0.15, 0.2) is 18.3 Å². The molecule has 1 aliphatic heterocycles. The summed E-state index contributed by atoms with van der Waals surface area (Å²) in [7, 11) is 4.32. The lowest BCUT2D eigenvalue weighted by Gasteiger charge is -2.36. The molecule has 4 heteroatoms. The molecule has 2 heterocycles. The summed E-state index contributed by atoms with van der Waals surface area (Å²) in [6.45, 7) is 4.33. The fourth-order valence-corrected chi connectivity index (χ4v) is 2.55. The summed E-state index contributed by atoms with van der Waals surface area (Å²) in [5, 5.41) is 0. The van der Waals surface area contributed by atoms with Gasteiger partial charge in [-0.2, -0.15) is 0 Å². The quantitative estimate of drug-likeness (QED) is 0.883. The van der Waals surface area contributed by atoms with Gasteiger partial charge in [-0.25, -0.2) is 4.98 Å². The molecular formula is C14H24N4. The molecule has 0 amide bonds. The highest BCUT2D eigenvalue weighted by atomic mass is 15.2. The van der Waals surface area contributed by atoms with Gasteiger partial charge in [0, 0.05) is 31.9 Å². The van der Waals surface area contributed by atoms with Gasteiger partial charge in [-0.15, -0.1) is 0 Å². The summed E-state index contributed by atoms with van der Waals surface area (Å²) in [6, 6.07) is 4.72. The topological polar surface area (TPSA) is 45.4 Å². The number of pyridine rings is 1. The normalized spacial score (nSPS) is 22.8. The molecule has 0 spiro atoms. The molecule has 0 aliphatic carbocycles. The predicted octanol–water partition coefficient (Wildman–Crippen LogP) is 1.63. The SMILES string of the molecule is CC(N)c1ccnc(N(C)C2CCCN(C)C2)c1. The molecule has 100 valence electrons. The molecule has 2 unspecified atom stereocenters. The summed E-state index contributed by atoms with van der Waals surface area (Å²) in [5.74, 6) is 1.03. The van der Waals surface area contributed by atoms with Crippen molar-refractivity contribution in [1.29, 1.82) is 0 Å². The van der Waals surface area contributed by atoms with E-state index in [4.69, 9.17) is 5.73 Å². The van der Waals surface area contributed by atoms with Crippen LogP contribution in [0.5, 0.6) is 0 Å². The first kappa shape index (κ1) is 13.3. The molecule has 1 aromatic heterocycles. The van der Waals surface area contributed by atoms with Crippen molar-refractivity contribution in [3.05, 3.63) is 23.9 Å². The third-order valence-corrected chi connectivity index (χ3v) is 3.80. The van der Waals surface area contributed by atoms with Crippen LogP contribution in [-0.2, 0) is 0 Å². The first-order valence-electron chi connectivity index (χ1n) is 6.71. The Bertz CT molecular complexity index is 391. The van der Waals surface area contributed by atoms with Gasteiger partial charge in [0.1, 0.15) is 5.82 Å². The fraction of sp³-hybridized carbons (Fsp3) is 0.643. The Balaban J connectivity index is 2.12. The lowest BCUT2D eigenvalue weighted by Crippen LogP contribution is -2.45. The average Bonchev–Trinajstić information content (AvgIpc) is 2.38. The van der Waals surface area contributed by atoms with Gasteiger partial charge in [-0.1, -0.05) is 0 Å². The van der Waals surface area contributed by atoms with E-state index in [2.05, 4.69) is 34.9 Å². The number of likely N-dealkylation sites (tertiary alicyclic amines) is 1. The highest BCUT2D eigenvalue weighted by Crippen LogP contribution is 2.21. The smallest absolute Gasteiger partial charge is 0.128 e. The Kier molecular flexibility index (Phi) is 4.19. The number of aromatic nitrogens is 1. The van der Waals surface area contributed by atoms with Crippen molar-refractivity contribution in [3.8, 4) is 0 Å². The highest BCUT2D eigenvalue weighted by molar-refractivity contribution is 5.42. The van der Waals surface area contributed by atoms with E-state index < -0.39 is 0 Å². The minimum Gasteiger partial charge on any atom is -0.355 e. The number of rotatable bonds is 3. The van der Waals surface area contributed by atoms with E-state index in [1.165, 1.54) is 19.4 Å². The Hall–Kier alpha value is -1.13. The number of piperidine rings is 1. The van der Waals surface area contributed by atoms with Crippen LogP contribution >= 0.6 is 0 Å². The Morgan fingerprint density at radius 3 is 3.00 bits per heavy atom. The molecule has 2 atom stereocenters. The number of hydrogen-bond acceptors (Lipinski definition) is 4. The van der Waals surface area contributed by atoms with Crippen LogP contribution in [0, 0.1) is 0 Å². The Morgan fingerprint density at radius 2 is 2.33 bits per heavy atom. The lowest BCUT2D eigenvalue weighted by molar-refractivity contribution is 0.247. The zero-order chi connectivity index (χ0) is 13.1. The monoisotopic (exact) mass is 248 g/mol. The van der Waals surface area contributed by atoms with Crippen LogP contribution in [0.3, 0.4) is 0 Å². The molecule has 1 fully saturated rings. The van der Waals surface area contributed by atoms with E-state index >= 15 is 0 Å². The van der Waals surface area contributed by atoms with E-state index in [9.17, 15) is 0 Å². The lowest BCUT2D eigenvalue weighted by atomic mass is 10.0. The highest BCUT2D eigenvalue weighted by Gasteiger charge is 2.22. The molecule has 0 bridgehead atoms. The summed E-state index contributed by atoms with van der Waals surface area (Å²) in [4.78, 5) is 9.16. The van der Waals surface area contributed by atoms with Crippen molar-refractivity contribution in [1.82, 2.24) is 9.88 Å². The maximum atomic E-state index is 5.93. The van der Waals surface area contributed by atoms with Gasteiger partial charge in [0.25, 0.3) is 0 Å². The molecule has 4 nitrogen and oxygen atoms in total. The summed E-state index contributed by atoms with van der Waals surface area (Å²) in [5.41, 5.74) is 7.08. The Morgan fingerprint density at radius 1 is 1.56 bits per heavy atom. The van der Waals surface area contributed by atoms with Crippen LogP contribution in [-0.4, -0.2) is 43.1 Å². The summed E-state index contributed by atoms with van der Waals surface area (Å²) in [6.07, 6.45) is 4.36. The molecular weight excluding hydrogens is 224 g/mol. The first-order chi connectivity index (χ1) is 8.58. The molecule has 1 aliphatic rings. The van der Waals surface area contributed by atoms with E-state index in [1.807, 2.05) is 19.2 Å². The second-order valence-corrected chi connectivity index (χ2v) is 5.41. The van der Waals surface area contributed by atoms with Crippen molar-refractivity contribution in [2.24, 2.45) is 5.73 Å². The van der Waals surface area contributed by atoms with E-state index in [0.29, 0.717) is 6.04 Å². The maximum Gasteiger partial charge on any atom is 0.128 e. The third-order valence-electron chi connectivity index (χ3n) is 3.80. The van der Waals surface area contributed by atoms with Gasteiger partial charge >= 0.3 is 0 Å². The van der Waals surface area contributed by atoms with Gasteiger partial charge in [0.2, 0.25) is 0 Å². The minimum atomic E-state index is 0.0641. The zero-order valence-electron chi connectivity index (χ0n) is 11.6. The van der Waals surface area contributed by atoms with Crippen molar-refractivity contribution >= 4 is 5.82 Å². The van der Waals surface area contributed by atoms with Crippen molar-refractivity contribution in [2.45, 2.75) is 31.8 Å². The van der Waals surface area contributed by atoms with Crippen molar-refractivity contribution in [3.63, 3.8) is 0 Å². The number of nitrogens with zero attached hydrogens (tertiary/aromatic N) is 3. The largest absolute Gasteiger partial charge is 0.355 e. The molecule has 2 rings (SSSR count). The van der Waals surface area contributed by atoms with Crippen LogP contribution in [0.25, 0.3) is 0 Å². The van der Waals surface area contributed by atoms with Crippen molar-refractivity contribution < 1.29 is 0 Å². The number of nitrogens with two attached hydrogens (primary N) is 1. The minimum absolute atomic E-state index is 0.0641. The molecule has 18 heavy (non-hydrogen) atoms. The van der Waals surface area contributed by atoms with Crippen LogP contribution in [0.1, 0.15) is 31.4 Å². The first-order valence-corrected chi connectivity index (χ1v) is 6.71. The van der Waals surface area contributed by atoms with Gasteiger partial charge < -0.3 is 15.5 Å². The van der Waals surface area contributed by atoms with Gasteiger partial charge in [0.15, 0.2) is 0 Å². The summed E-state index contributed by atoms with van der Waals surface area (Å²) < 4.78 is 0. The van der Waals surface area contributed by atoms with E-state index in [1.54, 1.807) is 0 Å². The van der Waals surface area contributed by atoms with Crippen LogP contribution in [0.2, 0.25) is 0 Å². The van der Waals surface area contributed by atoms with Crippen molar-refractivity contribution in [2.75, 3.05) is 32.1 Å². The van der Waals surface area contributed by atoms with E-state index in [0.717, 1.165) is 17.9 Å². The number of hydrogen-bond donors (Lipinski definition) is 1. The second kappa shape index (κ2) is 5.67. The fourth-order valence-electron chi connectivity index (χ4n) is 2.55. The molecule has 0 saturated carbocycles. The summed E-state index contributed by atoms with van der Waals surface area (Å²) >= 11 is 0. The van der Waals surface area contributed by atoms with Crippen LogP contribution < -0.4 is 10.6 Å². The molecule has 1 aromatic rings. The van der Waals surface area contributed by atoms with Crippen LogP contribution in [0.4, 0.5) is 5.82 Å². The standard InChI is InChI=1S/C14H24N4/c1-11(15)12-6-7-16-14(9-12)18(3)13-5-4-8-17(2)10-13/h6-7,9,11,13H,4-5,8,10,15H2,1-3H3. The van der Waals surface area contributed by atoms with Gasteiger partial charge in [0.05, 0.1) is 0 Å².